The summed E-state index contributed by atoms with van der Waals surface area (Å²) >= 11 is 1.68. The van der Waals surface area contributed by atoms with Gasteiger partial charge < -0.3 is 14.5 Å². The lowest BCUT2D eigenvalue weighted by molar-refractivity contribution is -0.148. The number of thiophene rings is 1. The maximum atomic E-state index is 13.5. The van der Waals surface area contributed by atoms with Crippen molar-refractivity contribution in [3.8, 4) is 5.75 Å². The number of nitrogens with zero attached hydrogens (tertiary/aromatic N) is 2. The number of ether oxygens (including phenoxy) is 1. The van der Waals surface area contributed by atoms with Crippen LogP contribution in [0.1, 0.15) is 51.1 Å². The molecule has 1 aliphatic heterocycles. The Balaban J connectivity index is 1.81. The van der Waals surface area contributed by atoms with Gasteiger partial charge in [-0.1, -0.05) is 19.9 Å². The van der Waals surface area contributed by atoms with E-state index in [9.17, 15) is 14.0 Å². The van der Waals surface area contributed by atoms with E-state index >= 15 is 0 Å². The van der Waals surface area contributed by atoms with Crippen molar-refractivity contribution >= 4 is 23.2 Å². The Morgan fingerprint density at radius 3 is 2.68 bits per heavy atom. The van der Waals surface area contributed by atoms with Gasteiger partial charge in [-0.2, -0.15) is 0 Å². The standard InChI is InChI=1S/C24H31FN2O3S/c1-16(2)23(29)27(24(3,4)5)14-22(28)26-11-9-21-19(10-12-31-21)20(26)15-30-18-8-6-7-17(25)13-18/h6-8,10,12-13,16,20H,9,11,14-15H2,1-5H3. The van der Waals surface area contributed by atoms with Crippen LogP contribution in [0.4, 0.5) is 4.39 Å². The lowest BCUT2D eigenvalue weighted by atomic mass is 9.99. The largest absolute Gasteiger partial charge is 0.491 e. The number of carbonyl (C=O) groups excluding carboxylic acids is 2. The maximum Gasteiger partial charge on any atom is 0.242 e. The minimum absolute atomic E-state index is 0.0243. The number of amides is 2. The second kappa shape index (κ2) is 9.39. The van der Waals surface area contributed by atoms with E-state index in [1.807, 2.05) is 46.1 Å². The van der Waals surface area contributed by atoms with Crippen LogP contribution in [-0.4, -0.2) is 46.8 Å². The van der Waals surface area contributed by atoms with Gasteiger partial charge in [0.05, 0.1) is 6.04 Å². The summed E-state index contributed by atoms with van der Waals surface area (Å²) in [6, 6.07) is 7.76. The number of carbonyl (C=O) groups is 2. The van der Waals surface area contributed by atoms with E-state index in [1.54, 1.807) is 33.3 Å². The van der Waals surface area contributed by atoms with Gasteiger partial charge in [-0.15, -0.1) is 11.3 Å². The molecule has 0 N–H and O–H groups in total. The zero-order chi connectivity index (χ0) is 22.8. The number of rotatable bonds is 6. The zero-order valence-electron chi connectivity index (χ0n) is 18.9. The van der Waals surface area contributed by atoms with Crippen LogP contribution in [0, 0.1) is 11.7 Å². The summed E-state index contributed by atoms with van der Waals surface area (Å²) in [6.07, 6.45) is 0.781. The highest BCUT2D eigenvalue weighted by Gasteiger charge is 2.36. The number of hydrogen-bond acceptors (Lipinski definition) is 4. The van der Waals surface area contributed by atoms with Crippen molar-refractivity contribution in [1.29, 1.82) is 0 Å². The molecule has 2 amide bonds. The van der Waals surface area contributed by atoms with Crippen LogP contribution in [0.2, 0.25) is 0 Å². The topological polar surface area (TPSA) is 49.9 Å². The Labute approximate surface area is 187 Å². The second-order valence-corrected chi connectivity index (χ2v) is 10.2. The van der Waals surface area contributed by atoms with Crippen molar-refractivity contribution < 1.29 is 18.7 Å². The van der Waals surface area contributed by atoms with Crippen LogP contribution < -0.4 is 4.74 Å². The molecule has 0 fully saturated rings. The molecule has 1 aliphatic rings. The molecule has 31 heavy (non-hydrogen) atoms. The maximum absolute atomic E-state index is 13.5. The third-order valence-electron chi connectivity index (χ3n) is 5.48. The third kappa shape index (κ3) is 5.45. The molecule has 1 aromatic heterocycles. The fourth-order valence-electron chi connectivity index (χ4n) is 3.79. The van der Waals surface area contributed by atoms with E-state index in [1.165, 1.54) is 17.0 Å². The summed E-state index contributed by atoms with van der Waals surface area (Å²) in [6.45, 7) is 10.3. The van der Waals surface area contributed by atoms with Crippen molar-refractivity contribution in [2.75, 3.05) is 19.7 Å². The van der Waals surface area contributed by atoms with E-state index in [2.05, 4.69) is 0 Å². The van der Waals surface area contributed by atoms with Gasteiger partial charge in [-0.25, -0.2) is 4.39 Å². The molecule has 3 rings (SSSR count). The second-order valence-electron chi connectivity index (χ2n) is 9.17. The van der Waals surface area contributed by atoms with Crippen LogP contribution in [0.5, 0.6) is 5.75 Å². The summed E-state index contributed by atoms with van der Waals surface area (Å²) in [5.74, 6) is -0.265. The Bertz CT molecular complexity index is 935. The highest BCUT2D eigenvalue weighted by Crippen LogP contribution is 2.34. The van der Waals surface area contributed by atoms with Crippen molar-refractivity contribution in [2.45, 2.75) is 52.6 Å². The fourth-order valence-corrected chi connectivity index (χ4v) is 4.72. The first-order valence-electron chi connectivity index (χ1n) is 10.6. The molecule has 168 valence electrons. The molecule has 1 unspecified atom stereocenters. The van der Waals surface area contributed by atoms with Gasteiger partial charge in [0.1, 0.15) is 24.7 Å². The van der Waals surface area contributed by atoms with Crippen LogP contribution in [0.15, 0.2) is 35.7 Å². The average Bonchev–Trinajstić information content (AvgIpc) is 3.17. The SMILES string of the molecule is CC(C)C(=O)N(CC(=O)N1CCc2sccc2C1COc1cccc(F)c1)C(C)(C)C. The third-order valence-corrected chi connectivity index (χ3v) is 6.48. The molecular formula is C24H31FN2O3S. The molecule has 2 aromatic rings. The summed E-state index contributed by atoms with van der Waals surface area (Å²) < 4.78 is 19.4. The van der Waals surface area contributed by atoms with Gasteiger partial charge >= 0.3 is 0 Å². The van der Waals surface area contributed by atoms with E-state index in [4.69, 9.17) is 4.74 Å². The molecule has 2 heterocycles. The molecule has 5 nitrogen and oxygen atoms in total. The predicted octanol–water partition coefficient (Wildman–Crippen LogP) is 4.68. The molecule has 1 aromatic carbocycles. The Morgan fingerprint density at radius 2 is 2.03 bits per heavy atom. The fraction of sp³-hybridized carbons (Fsp3) is 0.500. The first-order valence-corrected chi connectivity index (χ1v) is 11.5. The molecule has 0 saturated heterocycles. The molecular weight excluding hydrogens is 415 g/mol. The molecule has 1 atom stereocenters. The summed E-state index contributed by atoms with van der Waals surface area (Å²) in [7, 11) is 0. The highest BCUT2D eigenvalue weighted by molar-refractivity contribution is 7.10. The Kier molecular flexibility index (Phi) is 7.04. The Hall–Kier alpha value is -2.41. The minimum atomic E-state index is -0.464. The van der Waals surface area contributed by atoms with Gasteiger partial charge in [-0.05, 0) is 56.3 Å². The van der Waals surface area contributed by atoms with Gasteiger partial charge in [0.25, 0.3) is 0 Å². The van der Waals surface area contributed by atoms with Gasteiger partial charge in [0.15, 0.2) is 0 Å². The van der Waals surface area contributed by atoms with Crippen molar-refractivity contribution in [1.82, 2.24) is 9.80 Å². The van der Waals surface area contributed by atoms with Gasteiger partial charge in [-0.3, -0.25) is 9.59 Å². The van der Waals surface area contributed by atoms with E-state index in [0.29, 0.717) is 12.3 Å². The molecule has 0 aliphatic carbocycles. The number of benzene rings is 1. The molecule has 7 heteroatoms. The molecule has 0 saturated carbocycles. The van der Waals surface area contributed by atoms with E-state index in [0.717, 1.165) is 12.0 Å². The number of halogens is 1. The zero-order valence-corrected chi connectivity index (χ0v) is 19.7. The molecule has 0 radical (unpaired) electrons. The molecule has 0 spiro atoms. The van der Waals surface area contributed by atoms with Crippen LogP contribution >= 0.6 is 11.3 Å². The first-order chi connectivity index (χ1) is 14.6. The van der Waals surface area contributed by atoms with Gasteiger partial charge in [0.2, 0.25) is 11.8 Å². The highest BCUT2D eigenvalue weighted by atomic mass is 32.1. The number of hydrogen-bond donors (Lipinski definition) is 0. The molecule has 0 bridgehead atoms. The van der Waals surface area contributed by atoms with Crippen molar-refractivity contribution in [2.24, 2.45) is 5.92 Å². The lowest BCUT2D eigenvalue weighted by Gasteiger charge is -2.40. The van der Waals surface area contributed by atoms with Crippen molar-refractivity contribution in [3.05, 3.63) is 52.0 Å². The summed E-state index contributed by atoms with van der Waals surface area (Å²) in [5, 5.41) is 2.03. The quantitative estimate of drug-likeness (QED) is 0.648. The van der Waals surface area contributed by atoms with Gasteiger partial charge in [0, 0.05) is 28.9 Å². The lowest BCUT2D eigenvalue weighted by Crippen LogP contribution is -2.54. The minimum Gasteiger partial charge on any atom is -0.491 e. The summed E-state index contributed by atoms with van der Waals surface area (Å²) in [4.78, 5) is 30.9. The van der Waals surface area contributed by atoms with Crippen LogP contribution in [-0.2, 0) is 16.0 Å². The van der Waals surface area contributed by atoms with E-state index < -0.39 is 5.54 Å². The number of fused-ring (bicyclic) bond motifs is 1. The summed E-state index contributed by atoms with van der Waals surface area (Å²) in [5.41, 5.74) is 0.604. The average molecular weight is 447 g/mol. The van der Waals surface area contributed by atoms with E-state index in [-0.39, 0.29) is 42.7 Å². The normalized spacial score (nSPS) is 16.2. The van der Waals surface area contributed by atoms with Crippen LogP contribution in [0.25, 0.3) is 0 Å². The predicted molar refractivity (Wildman–Crippen MR) is 121 cm³/mol. The first kappa shape index (κ1) is 23.3. The van der Waals surface area contributed by atoms with Crippen LogP contribution in [0.3, 0.4) is 0 Å². The monoisotopic (exact) mass is 446 g/mol. The Morgan fingerprint density at radius 1 is 1.29 bits per heavy atom. The van der Waals surface area contributed by atoms with Crippen molar-refractivity contribution in [3.63, 3.8) is 0 Å². The smallest absolute Gasteiger partial charge is 0.242 e.